The molecule has 0 heterocycles. The molecule has 1 aliphatic rings. The number of anilines is 1. The fourth-order valence-corrected chi connectivity index (χ4v) is 4.60. The number of amides is 2. The van der Waals surface area contributed by atoms with Crippen molar-refractivity contribution >= 4 is 23.5 Å². The molecular formula is C29H44N2O6. The minimum atomic E-state index is -0.892. The summed E-state index contributed by atoms with van der Waals surface area (Å²) >= 11 is 0. The van der Waals surface area contributed by atoms with Crippen molar-refractivity contribution in [2.45, 2.75) is 89.3 Å². The van der Waals surface area contributed by atoms with Crippen LogP contribution in [0.2, 0.25) is 0 Å². The van der Waals surface area contributed by atoms with Gasteiger partial charge < -0.3 is 25.2 Å². The SMILES string of the molecule is CN(C)C(=O)C(CCC(=O)Nc1ccccc1CCC(=O)O)OCCCCC=CC(O)C1CCCCC1. The van der Waals surface area contributed by atoms with Crippen molar-refractivity contribution in [3.05, 3.63) is 42.0 Å². The number of aryl methyl sites for hydroxylation is 1. The number of allylic oxidation sites excluding steroid dienone is 1. The second kappa shape index (κ2) is 16.9. The van der Waals surface area contributed by atoms with E-state index in [4.69, 9.17) is 9.84 Å². The maximum Gasteiger partial charge on any atom is 0.303 e. The number of benzene rings is 1. The van der Waals surface area contributed by atoms with E-state index in [-0.39, 0.29) is 37.2 Å². The van der Waals surface area contributed by atoms with Crippen molar-refractivity contribution in [3.63, 3.8) is 0 Å². The number of nitrogens with zero attached hydrogens (tertiary/aromatic N) is 1. The topological polar surface area (TPSA) is 116 Å². The van der Waals surface area contributed by atoms with Gasteiger partial charge in [0.15, 0.2) is 0 Å². The van der Waals surface area contributed by atoms with E-state index in [0.29, 0.717) is 24.6 Å². The zero-order valence-corrected chi connectivity index (χ0v) is 22.4. The maximum absolute atomic E-state index is 12.6. The summed E-state index contributed by atoms with van der Waals surface area (Å²) in [5, 5.41) is 22.1. The molecule has 1 aliphatic carbocycles. The first-order valence-electron chi connectivity index (χ1n) is 13.5. The predicted octanol–water partition coefficient (Wildman–Crippen LogP) is 4.56. The highest BCUT2D eigenvalue weighted by Crippen LogP contribution is 2.27. The molecule has 2 atom stereocenters. The Morgan fingerprint density at radius 1 is 1.11 bits per heavy atom. The zero-order chi connectivity index (χ0) is 27.0. The Balaban J connectivity index is 1.74. The highest BCUT2D eigenvalue weighted by molar-refractivity contribution is 5.92. The lowest BCUT2D eigenvalue weighted by Crippen LogP contribution is -2.36. The van der Waals surface area contributed by atoms with Crippen molar-refractivity contribution in [1.82, 2.24) is 4.90 Å². The first-order valence-corrected chi connectivity index (χ1v) is 13.5. The number of rotatable bonds is 16. The van der Waals surface area contributed by atoms with Crippen molar-refractivity contribution in [1.29, 1.82) is 0 Å². The summed E-state index contributed by atoms with van der Waals surface area (Å²) in [7, 11) is 3.33. The van der Waals surface area contributed by atoms with Gasteiger partial charge in [0.05, 0.1) is 6.10 Å². The third kappa shape index (κ3) is 11.9. The van der Waals surface area contributed by atoms with Crippen LogP contribution in [0.25, 0.3) is 0 Å². The number of unbranched alkanes of at least 4 members (excludes halogenated alkanes) is 2. The minimum Gasteiger partial charge on any atom is -0.481 e. The molecule has 0 aliphatic heterocycles. The Hall–Kier alpha value is -2.71. The summed E-state index contributed by atoms with van der Waals surface area (Å²) in [6.45, 7) is 0.420. The molecule has 8 nitrogen and oxygen atoms in total. The molecule has 2 unspecified atom stereocenters. The number of ether oxygens (including phenoxy) is 1. The standard InChI is InChI=1S/C29H44N2O6/c1-31(2)29(36)26(37-21-11-4-3-8-16-25(32)23-13-6-5-7-14-23)18-19-27(33)30-24-15-10-9-12-22(24)17-20-28(34)35/h8-10,12,15-16,23,25-26,32H,3-7,11,13-14,17-21H2,1-2H3,(H,30,33)(H,34,35). The number of para-hydroxylation sites is 1. The van der Waals surface area contributed by atoms with Gasteiger partial charge in [-0.05, 0) is 62.5 Å². The van der Waals surface area contributed by atoms with Crippen molar-refractivity contribution < 1.29 is 29.3 Å². The Morgan fingerprint density at radius 3 is 2.54 bits per heavy atom. The van der Waals surface area contributed by atoms with Gasteiger partial charge in [-0.25, -0.2) is 0 Å². The molecular weight excluding hydrogens is 472 g/mol. The Bertz CT molecular complexity index is 879. The first kappa shape index (κ1) is 30.5. The Labute approximate surface area is 221 Å². The second-order valence-electron chi connectivity index (χ2n) is 10.0. The van der Waals surface area contributed by atoms with E-state index >= 15 is 0 Å². The molecule has 0 radical (unpaired) electrons. The van der Waals surface area contributed by atoms with Gasteiger partial charge in [-0.2, -0.15) is 0 Å². The molecule has 2 amide bonds. The van der Waals surface area contributed by atoms with Crippen LogP contribution in [0.4, 0.5) is 5.69 Å². The van der Waals surface area contributed by atoms with Crippen LogP contribution in [-0.4, -0.2) is 65.8 Å². The molecule has 37 heavy (non-hydrogen) atoms. The predicted molar refractivity (Wildman–Crippen MR) is 144 cm³/mol. The molecule has 0 saturated heterocycles. The first-order chi connectivity index (χ1) is 17.8. The third-order valence-corrected chi connectivity index (χ3v) is 6.80. The summed E-state index contributed by atoms with van der Waals surface area (Å²) in [6.07, 6.45) is 12.0. The van der Waals surface area contributed by atoms with E-state index in [1.54, 1.807) is 38.4 Å². The lowest BCUT2D eigenvalue weighted by Gasteiger charge is -2.24. The molecule has 0 spiro atoms. The fourth-order valence-electron chi connectivity index (χ4n) is 4.60. The second-order valence-corrected chi connectivity index (χ2v) is 10.0. The van der Waals surface area contributed by atoms with Crippen LogP contribution >= 0.6 is 0 Å². The summed E-state index contributed by atoms with van der Waals surface area (Å²) in [5.74, 6) is -0.923. The van der Waals surface area contributed by atoms with Crippen molar-refractivity contribution in [3.8, 4) is 0 Å². The van der Waals surface area contributed by atoms with Gasteiger partial charge in [-0.3, -0.25) is 14.4 Å². The van der Waals surface area contributed by atoms with Gasteiger partial charge in [0.25, 0.3) is 5.91 Å². The van der Waals surface area contributed by atoms with Crippen LogP contribution in [0.3, 0.4) is 0 Å². The largest absolute Gasteiger partial charge is 0.481 e. The number of likely N-dealkylation sites (N-methyl/N-ethyl adjacent to an activating group) is 1. The number of hydrogen-bond acceptors (Lipinski definition) is 5. The average molecular weight is 517 g/mol. The number of carboxylic acids is 1. The van der Waals surface area contributed by atoms with Crippen LogP contribution in [-0.2, 0) is 25.5 Å². The van der Waals surface area contributed by atoms with E-state index in [9.17, 15) is 19.5 Å². The molecule has 2 rings (SSSR count). The molecule has 0 bridgehead atoms. The number of carbonyl (C=O) groups is 3. The number of carbonyl (C=O) groups excluding carboxylic acids is 2. The monoisotopic (exact) mass is 516 g/mol. The normalized spacial score (nSPS) is 15.9. The highest BCUT2D eigenvalue weighted by atomic mass is 16.5. The van der Waals surface area contributed by atoms with Crippen molar-refractivity contribution in [2.75, 3.05) is 26.0 Å². The van der Waals surface area contributed by atoms with Crippen LogP contribution in [0, 0.1) is 5.92 Å². The molecule has 3 N–H and O–H groups in total. The van der Waals surface area contributed by atoms with E-state index in [0.717, 1.165) is 37.7 Å². The van der Waals surface area contributed by atoms with Gasteiger partial charge in [-0.1, -0.05) is 49.6 Å². The molecule has 1 aromatic rings. The lowest BCUT2D eigenvalue weighted by atomic mass is 9.85. The van der Waals surface area contributed by atoms with E-state index in [1.807, 2.05) is 12.2 Å². The van der Waals surface area contributed by atoms with Gasteiger partial charge in [0.2, 0.25) is 5.91 Å². The number of aliphatic hydroxyl groups is 1. The van der Waals surface area contributed by atoms with E-state index in [2.05, 4.69) is 5.32 Å². The average Bonchev–Trinajstić information content (AvgIpc) is 2.89. The number of carboxylic acid groups (broad SMARTS) is 1. The minimum absolute atomic E-state index is 0.0168. The molecule has 0 aromatic heterocycles. The van der Waals surface area contributed by atoms with Gasteiger partial charge >= 0.3 is 5.97 Å². The lowest BCUT2D eigenvalue weighted by molar-refractivity contribution is -0.142. The third-order valence-electron chi connectivity index (χ3n) is 6.80. The summed E-state index contributed by atoms with van der Waals surface area (Å²) in [4.78, 5) is 37.5. The van der Waals surface area contributed by atoms with Gasteiger partial charge in [0, 0.05) is 39.2 Å². The zero-order valence-electron chi connectivity index (χ0n) is 22.4. The van der Waals surface area contributed by atoms with Gasteiger partial charge in [-0.15, -0.1) is 0 Å². The summed E-state index contributed by atoms with van der Waals surface area (Å²) in [6, 6.07) is 7.14. The quantitative estimate of drug-likeness (QED) is 0.219. The fraction of sp³-hybridized carbons (Fsp3) is 0.621. The maximum atomic E-state index is 12.6. The molecule has 1 saturated carbocycles. The van der Waals surface area contributed by atoms with Crippen LogP contribution in [0.5, 0.6) is 0 Å². The number of hydrogen-bond donors (Lipinski definition) is 3. The smallest absolute Gasteiger partial charge is 0.303 e. The molecule has 1 fully saturated rings. The van der Waals surface area contributed by atoms with E-state index < -0.39 is 12.1 Å². The number of aliphatic carboxylic acids is 1. The Kier molecular flexibility index (Phi) is 14.0. The Morgan fingerprint density at radius 2 is 1.84 bits per heavy atom. The molecule has 1 aromatic carbocycles. The molecule has 8 heteroatoms. The molecule has 206 valence electrons. The van der Waals surface area contributed by atoms with Crippen LogP contribution in [0.1, 0.15) is 76.2 Å². The van der Waals surface area contributed by atoms with E-state index in [1.165, 1.54) is 24.2 Å². The van der Waals surface area contributed by atoms with Crippen molar-refractivity contribution in [2.24, 2.45) is 5.92 Å². The van der Waals surface area contributed by atoms with Gasteiger partial charge in [0.1, 0.15) is 6.10 Å². The number of aliphatic hydroxyl groups excluding tert-OH is 1. The highest BCUT2D eigenvalue weighted by Gasteiger charge is 2.22. The summed E-state index contributed by atoms with van der Waals surface area (Å²) in [5.41, 5.74) is 1.35. The summed E-state index contributed by atoms with van der Waals surface area (Å²) < 4.78 is 5.87. The number of nitrogens with one attached hydrogen (secondary N) is 1. The van der Waals surface area contributed by atoms with Crippen LogP contribution in [0.15, 0.2) is 36.4 Å². The van der Waals surface area contributed by atoms with Crippen LogP contribution < -0.4 is 5.32 Å².